The van der Waals surface area contributed by atoms with Gasteiger partial charge in [-0.25, -0.2) is 14.7 Å². The number of nitrogens with two attached hydrogens (primary N) is 1. The van der Waals surface area contributed by atoms with Crippen molar-refractivity contribution in [3.8, 4) is 0 Å². The Morgan fingerprint density at radius 2 is 2.33 bits per heavy atom. The Kier molecular flexibility index (Phi) is 3.80. The van der Waals surface area contributed by atoms with Crippen molar-refractivity contribution in [2.75, 3.05) is 11.0 Å². The third-order valence-electron chi connectivity index (χ3n) is 1.78. The maximum atomic E-state index is 11.7. The van der Waals surface area contributed by atoms with Crippen molar-refractivity contribution < 1.29 is 9.53 Å². The summed E-state index contributed by atoms with van der Waals surface area (Å²) in [4.78, 5) is 17.2. The second-order valence-electron chi connectivity index (χ2n) is 4.39. The number of alkyl halides is 1. The molecule has 2 N–H and O–H groups in total. The van der Waals surface area contributed by atoms with Crippen LogP contribution in [0.3, 0.4) is 0 Å². The van der Waals surface area contributed by atoms with Crippen LogP contribution < -0.4 is 5.73 Å². The number of ether oxygens (including phenoxy) is 1. The molecule has 0 saturated carbocycles. The molecule has 1 aliphatic rings. The fraction of sp³-hybridized carbons (Fsp3) is 0.778. The van der Waals surface area contributed by atoms with Crippen LogP contribution in [-0.2, 0) is 4.74 Å². The summed E-state index contributed by atoms with van der Waals surface area (Å²) in [6.07, 6.45) is -0.420. The maximum absolute atomic E-state index is 11.7. The van der Waals surface area contributed by atoms with Gasteiger partial charge in [0.15, 0.2) is 0 Å². The SMILES string of the molecule is CC(C)(C)OC(=O)N1CC(CI)N=C1N. The lowest BCUT2D eigenvalue weighted by atomic mass is 10.2. The van der Waals surface area contributed by atoms with Gasteiger partial charge in [-0.3, -0.25) is 0 Å². The third kappa shape index (κ3) is 3.51. The Balaban J connectivity index is 2.60. The Morgan fingerprint density at radius 3 is 2.73 bits per heavy atom. The Hall–Kier alpha value is -0.530. The van der Waals surface area contributed by atoms with Crippen LogP contribution in [-0.4, -0.2) is 39.6 Å². The zero-order valence-corrected chi connectivity index (χ0v) is 11.3. The number of carbonyl (C=O) groups is 1. The van der Waals surface area contributed by atoms with Gasteiger partial charge in [-0.05, 0) is 20.8 Å². The summed E-state index contributed by atoms with van der Waals surface area (Å²) in [7, 11) is 0. The van der Waals surface area contributed by atoms with Crippen LogP contribution >= 0.6 is 22.6 Å². The van der Waals surface area contributed by atoms with Crippen LogP contribution in [0.5, 0.6) is 0 Å². The van der Waals surface area contributed by atoms with E-state index in [2.05, 4.69) is 27.6 Å². The summed E-state index contributed by atoms with van der Waals surface area (Å²) >= 11 is 2.22. The van der Waals surface area contributed by atoms with Gasteiger partial charge in [-0.1, -0.05) is 22.6 Å². The van der Waals surface area contributed by atoms with Gasteiger partial charge in [0, 0.05) is 4.43 Å². The summed E-state index contributed by atoms with van der Waals surface area (Å²) < 4.78 is 6.05. The van der Waals surface area contributed by atoms with Crippen molar-refractivity contribution in [1.82, 2.24) is 4.90 Å². The summed E-state index contributed by atoms with van der Waals surface area (Å²) in [6.45, 7) is 5.99. The highest BCUT2D eigenvalue weighted by Gasteiger charge is 2.31. The first-order valence-electron chi connectivity index (χ1n) is 4.73. The molecule has 1 aliphatic heterocycles. The minimum atomic E-state index is -0.500. The summed E-state index contributed by atoms with van der Waals surface area (Å²) in [6, 6.07) is 0.0955. The van der Waals surface area contributed by atoms with Gasteiger partial charge < -0.3 is 10.5 Å². The molecule has 6 heteroatoms. The molecule has 0 aliphatic carbocycles. The highest BCUT2D eigenvalue weighted by molar-refractivity contribution is 14.1. The minimum Gasteiger partial charge on any atom is -0.443 e. The first kappa shape index (κ1) is 12.5. The largest absolute Gasteiger partial charge is 0.443 e. The number of aliphatic imine (C=N–C) groups is 1. The van der Waals surface area contributed by atoms with E-state index in [1.165, 1.54) is 4.90 Å². The van der Waals surface area contributed by atoms with Gasteiger partial charge >= 0.3 is 6.09 Å². The van der Waals surface area contributed by atoms with E-state index < -0.39 is 11.7 Å². The number of hydrogen-bond donors (Lipinski definition) is 1. The second-order valence-corrected chi connectivity index (χ2v) is 5.27. The standard InChI is InChI=1S/C9H16IN3O2/c1-9(2,3)15-8(14)13-5-6(4-10)12-7(13)11/h6H,4-5H2,1-3H3,(H2,11,12). The fourth-order valence-corrected chi connectivity index (χ4v) is 1.65. The smallest absolute Gasteiger partial charge is 0.417 e. The van der Waals surface area contributed by atoms with E-state index in [1.807, 2.05) is 20.8 Å². The molecule has 1 heterocycles. The lowest BCUT2D eigenvalue weighted by Gasteiger charge is -2.24. The predicted octanol–water partition coefficient (Wildman–Crippen LogP) is 1.36. The molecule has 1 atom stereocenters. The minimum absolute atomic E-state index is 0.0955. The molecule has 0 aromatic carbocycles. The summed E-state index contributed by atoms with van der Waals surface area (Å²) in [5.74, 6) is 0.255. The van der Waals surface area contributed by atoms with Crippen LogP contribution in [0.25, 0.3) is 0 Å². The molecule has 0 saturated heterocycles. The molecule has 5 nitrogen and oxygen atoms in total. The van der Waals surface area contributed by atoms with E-state index in [0.717, 1.165) is 4.43 Å². The van der Waals surface area contributed by atoms with E-state index in [0.29, 0.717) is 6.54 Å². The first-order chi connectivity index (χ1) is 6.83. The van der Waals surface area contributed by atoms with Crippen molar-refractivity contribution in [2.24, 2.45) is 10.7 Å². The van der Waals surface area contributed by atoms with Crippen molar-refractivity contribution in [3.63, 3.8) is 0 Å². The van der Waals surface area contributed by atoms with Crippen molar-refractivity contribution in [1.29, 1.82) is 0 Å². The van der Waals surface area contributed by atoms with Crippen LogP contribution in [0.2, 0.25) is 0 Å². The fourth-order valence-electron chi connectivity index (χ4n) is 1.17. The van der Waals surface area contributed by atoms with Crippen molar-refractivity contribution in [3.05, 3.63) is 0 Å². The van der Waals surface area contributed by atoms with Crippen LogP contribution in [0.1, 0.15) is 20.8 Å². The molecule has 0 spiro atoms. The molecule has 15 heavy (non-hydrogen) atoms. The molecule has 1 rings (SSSR count). The zero-order chi connectivity index (χ0) is 11.6. The van der Waals surface area contributed by atoms with E-state index in [9.17, 15) is 4.79 Å². The molecular formula is C9H16IN3O2. The van der Waals surface area contributed by atoms with Crippen molar-refractivity contribution >= 4 is 34.6 Å². The predicted molar refractivity (Wildman–Crippen MR) is 67.2 cm³/mol. The molecular weight excluding hydrogens is 309 g/mol. The maximum Gasteiger partial charge on any atom is 0.417 e. The molecule has 1 unspecified atom stereocenters. The molecule has 0 fully saturated rings. The van der Waals surface area contributed by atoms with Gasteiger partial charge in [0.25, 0.3) is 0 Å². The molecule has 0 aromatic rings. The lowest BCUT2D eigenvalue weighted by Crippen LogP contribution is -2.43. The average Bonchev–Trinajstić information content (AvgIpc) is 2.43. The van der Waals surface area contributed by atoms with Gasteiger partial charge in [0.1, 0.15) is 5.60 Å². The monoisotopic (exact) mass is 325 g/mol. The van der Waals surface area contributed by atoms with Crippen LogP contribution in [0, 0.1) is 0 Å². The van der Waals surface area contributed by atoms with Crippen LogP contribution in [0.15, 0.2) is 4.99 Å². The Morgan fingerprint density at radius 1 is 1.73 bits per heavy atom. The van der Waals surface area contributed by atoms with Gasteiger partial charge in [-0.2, -0.15) is 0 Å². The molecule has 0 bridgehead atoms. The average molecular weight is 325 g/mol. The van der Waals surface area contributed by atoms with Crippen LogP contribution in [0.4, 0.5) is 4.79 Å². The Bertz CT molecular complexity index is 286. The van der Waals surface area contributed by atoms with Gasteiger partial charge in [0.05, 0.1) is 12.6 Å². The number of carbonyl (C=O) groups excluding carboxylic acids is 1. The van der Waals surface area contributed by atoms with E-state index in [-0.39, 0.29) is 12.0 Å². The normalized spacial score (nSPS) is 21.5. The topological polar surface area (TPSA) is 67.9 Å². The van der Waals surface area contributed by atoms with Gasteiger partial charge in [0.2, 0.25) is 5.96 Å². The number of halogens is 1. The third-order valence-corrected chi connectivity index (χ3v) is 2.79. The van der Waals surface area contributed by atoms with Gasteiger partial charge in [-0.15, -0.1) is 0 Å². The Labute approximate surface area is 103 Å². The second kappa shape index (κ2) is 4.54. The number of amides is 1. The molecule has 86 valence electrons. The highest BCUT2D eigenvalue weighted by Crippen LogP contribution is 2.14. The zero-order valence-electron chi connectivity index (χ0n) is 9.16. The quantitative estimate of drug-likeness (QED) is 0.585. The van der Waals surface area contributed by atoms with Crippen molar-refractivity contribution in [2.45, 2.75) is 32.4 Å². The molecule has 0 radical (unpaired) electrons. The first-order valence-corrected chi connectivity index (χ1v) is 6.26. The van der Waals surface area contributed by atoms with E-state index >= 15 is 0 Å². The number of guanidine groups is 1. The number of hydrogen-bond acceptors (Lipinski definition) is 4. The lowest BCUT2D eigenvalue weighted by molar-refractivity contribution is 0.0377. The number of rotatable bonds is 1. The highest BCUT2D eigenvalue weighted by atomic mass is 127. The summed E-state index contributed by atoms with van der Waals surface area (Å²) in [5, 5.41) is 0. The van der Waals surface area contributed by atoms with E-state index in [1.54, 1.807) is 0 Å². The summed E-state index contributed by atoms with van der Waals surface area (Å²) in [5.41, 5.74) is 5.14. The number of nitrogens with zero attached hydrogens (tertiary/aromatic N) is 2. The molecule has 0 aromatic heterocycles. The molecule has 1 amide bonds. The van der Waals surface area contributed by atoms with E-state index in [4.69, 9.17) is 10.5 Å².